The number of carboxylic acid groups (broad SMARTS) is 1. The van der Waals surface area contributed by atoms with Crippen molar-refractivity contribution < 1.29 is 9.90 Å². The van der Waals surface area contributed by atoms with Crippen molar-refractivity contribution in [2.24, 2.45) is 5.73 Å². The van der Waals surface area contributed by atoms with E-state index < -0.39 is 12.0 Å². The normalized spacial score (nSPS) is 12.5. The molecule has 3 nitrogen and oxygen atoms in total. The molecule has 0 aliphatic rings. The Balaban J connectivity index is 2.61. The number of carboxylic acids is 1. The largest absolute Gasteiger partial charge is 0.480 e. The van der Waals surface area contributed by atoms with Crippen molar-refractivity contribution in [3.8, 4) is 0 Å². The lowest BCUT2D eigenvalue weighted by Gasteiger charge is -2.15. The minimum absolute atomic E-state index is 0.554. The zero-order chi connectivity index (χ0) is 14.6. The van der Waals surface area contributed by atoms with Gasteiger partial charge in [0.2, 0.25) is 0 Å². The summed E-state index contributed by atoms with van der Waals surface area (Å²) in [5, 5.41) is 8.73. The average Bonchev–Trinajstić information content (AvgIpc) is 2.35. The number of benzene rings is 1. The molecular formula is C16H25NO2. The molecule has 0 saturated carbocycles. The third kappa shape index (κ3) is 4.06. The third-order valence-corrected chi connectivity index (χ3v) is 4.03. The minimum Gasteiger partial charge on any atom is -0.480 e. The van der Waals surface area contributed by atoms with Crippen molar-refractivity contribution in [2.45, 2.75) is 59.4 Å². The van der Waals surface area contributed by atoms with Crippen LogP contribution in [0.2, 0.25) is 0 Å². The lowest BCUT2D eigenvalue weighted by atomic mass is 9.91. The standard InChI is InChI=1S/C16H25NO2/c1-10-9-11(2)13(4)14(12(10)3)7-5-6-8-15(17)16(18)19/h9,15H,5-8,17H2,1-4H3,(H,18,19). The molecule has 1 rings (SSSR count). The summed E-state index contributed by atoms with van der Waals surface area (Å²) < 4.78 is 0. The Bertz CT molecular complexity index is 440. The zero-order valence-corrected chi connectivity index (χ0v) is 12.4. The zero-order valence-electron chi connectivity index (χ0n) is 12.4. The van der Waals surface area contributed by atoms with E-state index in [1.54, 1.807) is 0 Å². The summed E-state index contributed by atoms with van der Waals surface area (Å²) in [5.41, 5.74) is 12.3. The fraction of sp³-hybridized carbons (Fsp3) is 0.562. The molecule has 0 saturated heterocycles. The van der Waals surface area contributed by atoms with Gasteiger partial charge in [0.1, 0.15) is 6.04 Å². The summed E-state index contributed by atoms with van der Waals surface area (Å²) in [7, 11) is 0. The summed E-state index contributed by atoms with van der Waals surface area (Å²) in [6, 6.07) is 1.51. The van der Waals surface area contributed by atoms with E-state index in [0.29, 0.717) is 6.42 Å². The molecule has 0 aliphatic heterocycles. The number of aryl methyl sites for hydroxylation is 2. The number of carbonyl (C=O) groups is 1. The molecule has 106 valence electrons. The molecule has 0 aromatic heterocycles. The van der Waals surface area contributed by atoms with Crippen molar-refractivity contribution in [3.05, 3.63) is 33.9 Å². The first-order valence-electron chi connectivity index (χ1n) is 6.89. The van der Waals surface area contributed by atoms with Gasteiger partial charge in [-0.15, -0.1) is 0 Å². The van der Waals surface area contributed by atoms with Gasteiger partial charge in [-0.1, -0.05) is 12.5 Å². The maximum absolute atomic E-state index is 10.6. The molecule has 0 aliphatic carbocycles. The van der Waals surface area contributed by atoms with E-state index >= 15 is 0 Å². The van der Waals surface area contributed by atoms with Gasteiger partial charge >= 0.3 is 5.97 Å². The second-order valence-electron chi connectivity index (χ2n) is 5.43. The number of hydrogen-bond donors (Lipinski definition) is 2. The van der Waals surface area contributed by atoms with E-state index in [0.717, 1.165) is 19.3 Å². The van der Waals surface area contributed by atoms with Crippen molar-refractivity contribution >= 4 is 5.97 Å². The molecule has 0 fully saturated rings. The smallest absolute Gasteiger partial charge is 0.320 e. The van der Waals surface area contributed by atoms with Crippen LogP contribution in [0.25, 0.3) is 0 Å². The predicted molar refractivity (Wildman–Crippen MR) is 78.6 cm³/mol. The average molecular weight is 263 g/mol. The molecule has 0 bridgehead atoms. The van der Waals surface area contributed by atoms with Crippen LogP contribution >= 0.6 is 0 Å². The van der Waals surface area contributed by atoms with E-state index in [4.69, 9.17) is 10.8 Å². The first-order chi connectivity index (χ1) is 8.84. The Hall–Kier alpha value is -1.35. The van der Waals surface area contributed by atoms with E-state index in [9.17, 15) is 4.79 Å². The highest BCUT2D eigenvalue weighted by molar-refractivity contribution is 5.72. The van der Waals surface area contributed by atoms with Gasteiger partial charge in [0.25, 0.3) is 0 Å². The van der Waals surface area contributed by atoms with Gasteiger partial charge in [-0.2, -0.15) is 0 Å². The van der Waals surface area contributed by atoms with Crippen LogP contribution in [0.3, 0.4) is 0 Å². The maximum Gasteiger partial charge on any atom is 0.320 e. The van der Waals surface area contributed by atoms with Gasteiger partial charge in [0.15, 0.2) is 0 Å². The van der Waals surface area contributed by atoms with Gasteiger partial charge in [0.05, 0.1) is 0 Å². The SMILES string of the molecule is Cc1cc(C)c(C)c(CCCCC(N)C(=O)O)c1C. The van der Waals surface area contributed by atoms with Gasteiger partial charge in [0, 0.05) is 0 Å². The quantitative estimate of drug-likeness (QED) is 0.775. The van der Waals surface area contributed by atoms with Crippen LogP contribution in [0.1, 0.15) is 47.1 Å². The number of unbranched alkanes of at least 4 members (excludes halogenated alkanes) is 1. The summed E-state index contributed by atoms with van der Waals surface area (Å²) in [6.07, 6.45) is 3.41. The van der Waals surface area contributed by atoms with Gasteiger partial charge in [-0.3, -0.25) is 4.79 Å². The van der Waals surface area contributed by atoms with Crippen LogP contribution in [0.15, 0.2) is 6.07 Å². The monoisotopic (exact) mass is 263 g/mol. The van der Waals surface area contributed by atoms with Crippen molar-refractivity contribution in [1.29, 1.82) is 0 Å². The van der Waals surface area contributed by atoms with Crippen LogP contribution in [-0.4, -0.2) is 17.1 Å². The highest BCUT2D eigenvalue weighted by atomic mass is 16.4. The molecule has 1 atom stereocenters. The Morgan fingerprint density at radius 1 is 1.16 bits per heavy atom. The number of nitrogens with two attached hydrogens (primary N) is 1. The molecule has 3 N–H and O–H groups in total. The molecule has 0 spiro atoms. The second kappa shape index (κ2) is 6.71. The number of hydrogen-bond acceptors (Lipinski definition) is 2. The first-order valence-corrected chi connectivity index (χ1v) is 6.89. The summed E-state index contributed by atoms with van der Waals surface area (Å²) in [6.45, 7) is 8.62. The fourth-order valence-electron chi connectivity index (χ4n) is 2.46. The van der Waals surface area contributed by atoms with E-state index in [2.05, 4.69) is 33.8 Å². The number of rotatable bonds is 6. The highest BCUT2D eigenvalue weighted by Gasteiger charge is 2.11. The van der Waals surface area contributed by atoms with Gasteiger partial charge in [-0.05, 0) is 74.8 Å². The summed E-state index contributed by atoms with van der Waals surface area (Å²) in [5.74, 6) is -0.904. The van der Waals surface area contributed by atoms with Gasteiger partial charge < -0.3 is 10.8 Å². The third-order valence-electron chi connectivity index (χ3n) is 4.03. The molecule has 19 heavy (non-hydrogen) atoms. The van der Waals surface area contributed by atoms with E-state index in [-0.39, 0.29) is 0 Å². The number of aliphatic carboxylic acids is 1. The Labute approximate surface area is 115 Å². The second-order valence-corrected chi connectivity index (χ2v) is 5.43. The molecule has 1 aromatic rings. The summed E-state index contributed by atoms with van der Waals surface area (Å²) in [4.78, 5) is 10.6. The fourth-order valence-corrected chi connectivity index (χ4v) is 2.46. The molecule has 3 heteroatoms. The molecule has 1 aromatic carbocycles. The topological polar surface area (TPSA) is 63.3 Å². The van der Waals surface area contributed by atoms with Crippen molar-refractivity contribution in [3.63, 3.8) is 0 Å². The van der Waals surface area contributed by atoms with Crippen LogP contribution in [0.5, 0.6) is 0 Å². The highest BCUT2D eigenvalue weighted by Crippen LogP contribution is 2.23. The molecule has 0 radical (unpaired) electrons. The Morgan fingerprint density at radius 3 is 2.16 bits per heavy atom. The lowest BCUT2D eigenvalue weighted by molar-refractivity contribution is -0.138. The van der Waals surface area contributed by atoms with E-state index in [1.165, 1.54) is 27.8 Å². The lowest BCUT2D eigenvalue weighted by Crippen LogP contribution is -2.29. The minimum atomic E-state index is -0.904. The van der Waals surface area contributed by atoms with Crippen LogP contribution in [0.4, 0.5) is 0 Å². The predicted octanol–water partition coefficient (Wildman–Crippen LogP) is 3.04. The van der Waals surface area contributed by atoms with Gasteiger partial charge in [-0.25, -0.2) is 0 Å². The summed E-state index contributed by atoms with van der Waals surface area (Å²) >= 11 is 0. The first kappa shape index (κ1) is 15.7. The molecule has 1 unspecified atom stereocenters. The van der Waals surface area contributed by atoms with E-state index in [1.807, 2.05) is 0 Å². The maximum atomic E-state index is 10.6. The van der Waals surface area contributed by atoms with Crippen LogP contribution in [-0.2, 0) is 11.2 Å². The molecule has 0 heterocycles. The van der Waals surface area contributed by atoms with Crippen molar-refractivity contribution in [2.75, 3.05) is 0 Å². The molecule has 0 amide bonds. The van der Waals surface area contributed by atoms with Crippen LogP contribution in [0, 0.1) is 27.7 Å². The Kier molecular flexibility index (Phi) is 5.55. The van der Waals surface area contributed by atoms with Crippen molar-refractivity contribution in [1.82, 2.24) is 0 Å². The van der Waals surface area contributed by atoms with Crippen LogP contribution < -0.4 is 5.73 Å². The molecular weight excluding hydrogens is 238 g/mol. The Morgan fingerprint density at radius 2 is 1.68 bits per heavy atom.